The molecule has 9 N–H and O–H groups in total. The molecule has 4 amide bonds. The second kappa shape index (κ2) is 14.5. The topological polar surface area (TPSA) is 222 Å². The summed E-state index contributed by atoms with van der Waals surface area (Å²) in [5.41, 5.74) is 12.1. The van der Waals surface area contributed by atoms with Gasteiger partial charge in [0, 0.05) is 24.7 Å². The second-order valence-electron chi connectivity index (χ2n) is 9.08. The number of H-pyrrole nitrogens is 1. The van der Waals surface area contributed by atoms with Crippen LogP contribution in [-0.2, 0) is 36.8 Å². The molecule has 13 nitrogen and oxygen atoms in total. The Bertz CT molecular complexity index is 1090. The van der Waals surface area contributed by atoms with E-state index in [0.29, 0.717) is 12.1 Å². The summed E-state index contributed by atoms with van der Waals surface area (Å²) in [5.74, 6) is -4.52. The molecule has 206 valence electrons. The fourth-order valence-electron chi connectivity index (χ4n) is 3.68. The minimum atomic E-state index is -1.27. The van der Waals surface area contributed by atoms with Crippen LogP contribution in [0.2, 0.25) is 0 Å². The van der Waals surface area contributed by atoms with E-state index in [1.165, 1.54) is 12.5 Å². The molecule has 5 unspecified atom stereocenters. The number of hydrogen-bond acceptors (Lipinski definition) is 7. The van der Waals surface area contributed by atoms with Gasteiger partial charge >= 0.3 is 5.97 Å². The van der Waals surface area contributed by atoms with Crippen LogP contribution in [0, 0.1) is 5.92 Å². The quantitative estimate of drug-likeness (QED) is 0.151. The number of nitrogens with one attached hydrogen (secondary N) is 4. The van der Waals surface area contributed by atoms with Crippen molar-refractivity contribution in [3.05, 3.63) is 54.1 Å². The Morgan fingerprint density at radius 1 is 0.974 bits per heavy atom. The molecule has 0 aliphatic heterocycles. The van der Waals surface area contributed by atoms with Gasteiger partial charge in [0.25, 0.3) is 0 Å². The van der Waals surface area contributed by atoms with E-state index in [4.69, 9.17) is 11.5 Å². The Labute approximate surface area is 220 Å². The Morgan fingerprint density at radius 2 is 1.63 bits per heavy atom. The van der Waals surface area contributed by atoms with Crippen molar-refractivity contribution in [3.8, 4) is 0 Å². The van der Waals surface area contributed by atoms with Gasteiger partial charge in [-0.15, -0.1) is 0 Å². The molecular weight excluding hydrogens is 494 g/mol. The lowest BCUT2D eigenvalue weighted by molar-refractivity contribution is -0.142. The van der Waals surface area contributed by atoms with Crippen molar-refractivity contribution in [2.75, 3.05) is 0 Å². The van der Waals surface area contributed by atoms with Crippen molar-refractivity contribution in [2.24, 2.45) is 17.4 Å². The molecule has 0 saturated carbocycles. The number of aliphatic carboxylic acids is 1. The zero-order chi connectivity index (χ0) is 28.2. The standard InChI is InChI=1S/C25H35N7O6/c1-3-14(2)21(24(36)31-19(25(37)38)9-15-7-5-4-6-8-15)32-23(35)18(10-16-12-28-13-29-16)30-22(34)17(26)11-20(27)33/h4-8,12-14,17-19,21H,3,9-11,26H2,1-2H3,(H2,27,33)(H,28,29)(H,30,34)(H,31,36)(H,32,35)(H,37,38). The van der Waals surface area contributed by atoms with Gasteiger partial charge in [0.05, 0.1) is 18.8 Å². The van der Waals surface area contributed by atoms with E-state index in [1.54, 1.807) is 37.3 Å². The van der Waals surface area contributed by atoms with E-state index >= 15 is 0 Å². The van der Waals surface area contributed by atoms with Gasteiger partial charge in [0.2, 0.25) is 23.6 Å². The molecule has 1 aromatic carbocycles. The highest BCUT2D eigenvalue weighted by Crippen LogP contribution is 2.11. The molecular formula is C25H35N7O6. The summed E-state index contributed by atoms with van der Waals surface area (Å²) in [4.78, 5) is 68.8. The first-order chi connectivity index (χ1) is 18.0. The largest absolute Gasteiger partial charge is 0.480 e. The van der Waals surface area contributed by atoms with E-state index in [-0.39, 0.29) is 18.8 Å². The number of hydrogen-bond donors (Lipinski definition) is 7. The number of rotatable bonds is 15. The average molecular weight is 530 g/mol. The fraction of sp³-hybridized carbons (Fsp3) is 0.440. The van der Waals surface area contributed by atoms with E-state index in [9.17, 15) is 29.1 Å². The number of amides is 4. The fourth-order valence-corrected chi connectivity index (χ4v) is 3.68. The lowest BCUT2D eigenvalue weighted by Gasteiger charge is -2.28. The van der Waals surface area contributed by atoms with E-state index in [2.05, 4.69) is 25.9 Å². The van der Waals surface area contributed by atoms with Crippen LogP contribution < -0.4 is 27.4 Å². The van der Waals surface area contributed by atoms with Crippen LogP contribution in [0.3, 0.4) is 0 Å². The lowest BCUT2D eigenvalue weighted by atomic mass is 9.96. The van der Waals surface area contributed by atoms with Crippen LogP contribution in [0.4, 0.5) is 0 Å². The van der Waals surface area contributed by atoms with Crippen LogP contribution in [0.25, 0.3) is 0 Å². The van der Waals surface area contributed by atoms with Gasteiger partial charge in [0.15, 0.2) is 0 Å². The number of benzene rings is 1. The van der Waals surface area contributed by atoms with E-state index in [1.807, 2.05) is 6.92 Å². The molecule has 0 aliphatic rings. The molecule has 2 aromatic rings. The molecule has 5 atom stereocenters. The summed E-state index contributed by atoms with van der Waals surface area (Å²) in [6, 6.07) is 4.07. The second-order valence-corrected chi connectivity index (χ2v) is 9.08. The number of nitrogens with zero attached hydrogens (tertiary/aromatic N) is 1. The molecule has 0 spiro atoms. The van der Waals surface area contributed by atoms with Gasteiger partial charge in [-0.25, -0.2) is 9.78 Å². The summed E-state index contributed by atoms with van der Waals surface area (Å²) in [5, 5.41) is 17.4. The minimum Gasteiger partial charge on any atom is -0.480 e. The predicted octanol–water partition coefficient (Wildman–Crippen LogP) is -1.02. The Morgan fingerprint density at radius 3 is 2.18 bits per heavy atom. The van der Waals surface area contributed by atoms with Crippen molar-refractivity contribution < 1.29 is 29.1 Å². The van der Waals surface area contributed by atoms with Crippen molar-refractivity contribution in [1.29, 1.82) is 0 Å². The van der Waals surface area contributed by atoms with Crippen LogP contribution in [0.5, 0.6) is 0 Å². The number of carbonyl (C=O) groups is 5. The molecule has 38 heavy (non-hydrogen) atoms. The van der Waals surface area contributed by atoms with Gasteiger partial charge in [-0.3, -0.25) is 19.2 Å². The van der Waals surface area contributed by atoms with Gasteiger partial charge < -0.3 is 37.5 Å². The van der Waals surface area contributed by atoms with Gasteiger partial charge in [-0.2, -0.15) is 0 Å². The van der Waals surface area contributed by atoms with Crippen molar-refractivity contribution >= 4 is 29.6 Å². The highest BCUT2D eigenvalue weighted by atomic mass is 16.4. The van der Waals surface area contributed by atoms with E-state index in [0.717, 1.165) is 5.56 Å². The van der Waals surface area contributed by atoms with Gasteiger partial charge in [0.1, 0.15) is 18.1 Å². The average Bonchev–Trinajstić information content (AvgIpc) is 3.39. The minimum absolute atomic E-state index is 0.0124. The molecule has 0 fully saturated rings. The van der Waals surface area contributed by atoms with Crippen LogP contribution in [0.15, 0.2) is 42.9 Å². The van der Waals surface area contributed by atoms with Crippen molar-refractivity contribution in [1.82, 2.24) is 25.9 Å². The third-order valence-electron chi connectivity index (χ3n) is 6.06. The predicted molar refractivity (Wildman–Crippen MR) is 137 cm³/mol. The van der Waals surface area contributed by atoms with Crippen LogP contribution in [-0.4, -0.2) is 68.8 Å². The molecule has 0 radical (unpaired) electrons. The first-order valence-corrected chi connectivity index (χ1v) is 12.2. The van der Waals surface area contributed by atoms with Crippen LogP contribution in [0.1, 0.15) is 37.9 Å². The van der Waals surface area contributed by atoms with Gasteiger partial charge in [-0.1, -0.05) is 50.6 Å². The smallest absolute Gasteiger partial charge is 0.326 e. The summed E-state index contributed by atoms with van der Waals surface area (Å²) in [6.07, 6.45) is 2.99. The zero-order valence-corrected chi connectivity index (χ0v) is 21.3. The first-order valence-electron chi connectivity index (χ1n) is 12.2. The maximum atomic E-state index is 13.3. The number of primary amides is 1. The first kappa shape index (κ1) is 30.0. The highest BCUT2D eigenvalue weighted by molar-refractivity contribution is 5.95. The molecule has 0 saturated heterocycles. The molecule has 13 heteroatoms. The van der Waals surface area contributed by atoms with Gasteiger partial charge in [-0.05, 0) is 11.5 Å². The lowest BCUT2D eigenvalue weighted by Crippen LogP contribution is -2.59. The highest BCUT2D eigenvalue weighted by Gasteiger charge is 2.33. The number of nitrogens with two attached hydrogens (primary N) is 2. The van der Waals surface area contributed by atoms with Crippen molar-refractivity contribution in [3.63, 3.8) is 0 Å². The molecule has 0 bridgehead atoms. The van der Waals surface area contributed by atoms with Crippen molar-refractivity contribution in [2.45, 2.75) is 63.7 Å². The Kier molecular flexibility index (Phi) is 11.4. The normalized spacial score (nSPS) is 14.8. The Balaban J connectivity index is 2.20. The summed E-state index contributed by atoms with van der Waals surface area (Å²) in [7, 11) is 0. The SMILES string of the molecule is CCC(C)C(NC(=O)C(Cc1cnc[nH]1)NC(=O)C(N)CC(N)=O)C(=O)NC(Cc1ccccc1)C(=O)O. The monoisotopic (exact) mass is 529 g/mol. The number of aromatic nitrogens is 2. The number of aromatic amines is 1. The molecule has 1 heterocycles. The molecule has 0 aliphatic carbocycles. The number of carbonyl (C=O) groups excluding carboxylic acids is 4. The third-order valence-corrected chi connectivity index (χ3v) is 6.06. The molecule has 1 aromatic heterocycles. The number of carboxylic acids is 1. The Hall–Kier alpha value is -4.26. The maximum Gasteiger partial charge on any atom is 0.326 e. The number of carboxylic acid groups (broad SMARTS) is 1. The zero-order valence-electron chi connectivity index (χ0n) is 21.3. The van der Waals surface area contributed by atoms with E-state index < -0.39 is 60.2 Å². The number of imidazole rings is 1. The summed E-state index contributed by atoms with van der Waals surface area (Å²) in [6.45, 7) is 3.56. The summed E-state index contributed by atoms with van der Waals surface area (Å²) >= 11 is 0. The maximum absolute atomic E-state index is 13.3. The van der Waals surface area contributed by atoms with Crippen LogP contribution >= 0.6 is 0 Å². The third kappa shape index (κ3) is 9.32. The molecule has 2 rings (SSSR count). The summed E-state index contributed by atoms with van der Waals surface area (Å²) < 4.78 is 0.